The topological polar surface area (TPSA) is 65.1 Å². The van der Waals surface area contributed by atoms with Crippen LogP contribution in [0.3, 0.4) is 0 Å². The van der Waals surface area contributed by atoms with Gasteiger partial charge in [0, 0.05) is 13.7 Å². The maximum atomic E-state index is 12.5. The highest BCUT2D eigenvalue weighted by Gasteiger charge is 2.47. The van der Waals surface area contributed by atoms with Crippen molar-refractivity contribution in [2.45, 2.75) is 70.6 Å². The summed E-state index contributed by atoms with van der Waals surface area (Å²) in [7, 11) is 3.13. The van der Waals surface area contributed by atoms with Crippen LogP contribution in [0.5, 0.6) is 0 Å². The molecule has 0 aromatic rings. The second kappa shape index (κ2) is 7.72. The molecular weight excluding hydrogens is 310 g/mol. The predicted molar refractivity (Wildman–Crippen MR) is 89.6 cm³/mol. The molecule has 1 heterocycles. The van der Waals surface area contributed by atoms with E-state index in [-0.39, 0.29) is 11.9 Å². The van der Waals surface area contributed by atoms with E-state index in [4.69, 9.17) is 14.2 Å². The van der Waals surface area contributed by atoms with Crippen molar-refractivity contribution in [2.75, 3.05) is 20.8 Å². The van der Waals surface area contributed by atoms with Crippen LogP contribution < -0.4 is 0 Å². The molecule has 138 valence electrons. The molecule has 0 unspecified atom stereocenters. The van der Waals surface area contributed by atoms with E-state index in [9.17, 15) is 9.59 Å². The van der Waals surface area contributed by atoms with Gasteiger partial charge in [-0.05, 0) is 64.7 Å². The molecule has 0 aromatic heterocycles. The van der Waals surface area contributed by atoms with Gasteiger partial charge < -0.3 is 14.2 Å². The Hall–Kier alpha value is -1.30. The Labute approximate surface area is 144 Å². The van der Waals surface area contributed by atoms with Gasteiger partial charge in [-0.3, -0.25) is 4.90 Å². The summed E-state index contributed by atoms with van der Waals surface area (Å²) in [6, 6.07) is -0.533. The number of carbonyl (C=O) groups excluding carboxylic acids is 2. The van der Waals surface area contributed by atoms with Crippen molar-refractivity contribution in [1.29, 1.82) is 0 Å². The van der Waals surface area contributed by atoms with E-state index in [2.05, 4.69) is 0 Å². The number of carbonyl (C=O) groups is 2. The number of hydrogen-bond donors (Lipinski definition) is 0. The molecule has 1 aliphatic heterocycles. The van der Waals surface area contributed by atoms with E-state index < -0.39 is 17.7 Å². The Balaban J connectivity index is 2.09. The molecule has 2 atom stereocenters. The first-order valence-corrected chi connectivity index (χ1v) is 8.87. The van der Waals surface area contributed by atoms with Crippen molar-refractivity contribution in [3.8, 4) is 0 Å². The van der Waals surface area contributed by atoms with Crippen LogP contribution in [0.25, 0.3) is 0 Å². The quantitative estimate of drug-likeness (QED) is 0.738. The minimum Gasteiger partial charge on any atom is -0.467 e. The maximum absolute atomic E-state index is 12.5. The van der Waals surface area contributed by atoms with Gasteiger partial charge >= 0.3 is 12.1 Å². The molecule has 1 amide bonds. The molecule has 1 aliphatic carbocycles. The third kappa shape index (κ3) is 4.41. The van der Waals surface area contributed by atoms with Crippen LogP contribution in [0.4, 0.5) is 4.79 Å². The van der Waals surface area contributed by atoms with Crippen molar-refractivity contribution >= 4 is 12.1 Å². The number of amides is 1. The standard InChI is InChI=1S/C18H31NO5/c1-18(2,3)24-17(21)19-11-10-14(15(19)16(20)23-5)12-6-8-13(22-4)9-7-12/h12-15H,6-11H2,1-5H3/t12?,13?,14-,15-/m1/s1. The van der Waals surface area contributed by atoms with Crippen molar-refractivity contribution in [3.63, 3.8) is 0 Å². The lowest BCUT2D eigenvalue weighted by molar-refractivity contribution is -0.148. The highest BCUT2D eigenvalue weighted by atomic mass is 16.6. The smallest absolute Gasteiger partial charge is 0.411 e. The first kappa shape index (κ1) is 19.0. The lowest BCUT2D eigenvalue weighted by atomic mass is 9.76. The first-order chi connectivity index (χ1) is 11.3. The molecule has 24 heavy (non-hydrogen) atoms. The van der Waals surface area contributed by atoms with Gasteiger partial charge in [0.15, 0.2) is 0 Å². The molecule has 0 N–H and O–H groups in total. The van der Waals surface area contributed by atoms with Gasteiger partial charge in [0.1, 0.15) is 11.6 Å². The van der Waals surface area contributed by atoms with Gasteiger partial charge in [0.2, 0.25) is 0 Å². The van der Waals surface area contributed by atoms with Crippen LogP contribution in [-0.4, -0.2) is 55.5 Å². The van der Waals surface area contributed by atoms with E-state index >= 15 is 0 Å². The molecule has 6 nitrogen and oxygen atoms in total. The molecule has 1 saturated heterocycles. The Morgan fingerprint density at radius 2 is 1.62 bits per heavy atom. The minimum absolute atomic E-state index is 0.141. The monoisotopic (exact) mass is 341 g/mol. The van der Waals surface area contributed by atoms with Crippen molar-refractivity contribution in [1.82, 2.24) is 4.90 Å². The Kier molecular flexibility index (Phi) is 6.12. The molecule has 0 spiro atoms. The van der Waals surface area contributed by atoms with Gasteiger partial charge in [-0.15, -0.1) is 0 Å². The Morgan fingerprint density at radius 1 is 1.00 bits per heavy atom. The van der Waals surface area contributed by atoms with Crippen LogP contribution >= 0.6 is 0 Å². The molecule has 0 bridgehead atoms. The SMILES string of the molecule is COC(=O)[C@H]1[C@@H](C2CCC(OC)CC2)CCN1C(=O)OC(C)(C)C. The normalized spacial score (nSPS) is 31.0. The highest BCUT2D eigenvalue weighted by molar-refractivity contribution is 5.82. The summed E-state index contributed by atoms with van der Waals surface area (Å²) in [5.41, 5.74) is -0.577. The third-order valence-electron chi connectivity index (χ3n) is 5.17. The average molecular weight is 341 g/mol. The third-order valence-corrected chi connectivity index (χ3v) is 5.17. The van der Waals surface area contributed by atoms with Crippen molar-refractivity contribution in [3.05, 3.63) is 0 Å². The fourth-order valence-electron chi connectivity index (χ4n) is 4.01. The summed E-state index contributed by atoms with van der Waals surface area (Å²) < 4.78 is 15.9. The van der Waals surface area contributed by atoms with Crippen LogP contribution in [0.15, 0.2) is 0 Å². The zero-order valence-electron chi connectivity index (χ0n) is 15.5. The van der Waals surface area contributed by atoms with Gasteiger partial charge in [-0.1, -0.05) is 0 Å². The van der Waals surface area contributed by atoms with E-state index in [1.165, 1.54) is 7.11 Å². The summed E-state index contributed by atoms with van der Waals surface area (Å²) in [6.45, 7) is 6.04. The molecular formula is C18H31NO5. The van der Waals surface area contributed by atoms with Crippen LogP contribution in [0.1, 0.15) is 52.9 Å². The van der Waals surface area contributed by atoms with Crippen LogP contribution in [-0.2, 0) is 19.0 Å². The predicted octanol–water partition coefficient (Wildman–Crippen LogP) is 2.99. The minimum atomic E-state index is -0.577. The van der Waals surface area contributed by atoms with Gasteiger partial charge in [-0.25, -0.2) is 9.59 Å². The molecule has 0 radical (unpaired) electrons. The number of methoxy groups -OCH3 is 2. The van der Waals surface area contributed by atoms with Gasteiger partial charge in [0.05, 0.1) is 13.2 Å². The first-order valence-electron chi connectivity index (χ1n) is 8.87. The molecule has 2 aliphatic rings. The fraction of sp³-hybridized carbons (Fsp3) is 0.889. The molecule has 1 saturated carbocycles. The summed E-state index contributed by atoms with van der Waals surface area (Å²) in [6.07, 6.45) is 4.79. The fourth-order valence-corrected chi connectivity index (χ4v) is 4.01. The number of esters is 1. The number of ether oxygens (including phenoxy) is 3. The Morgan fingerprint density at radius 3 is 2.12 bits per heavy atom. The van der Waals surface area contributed by atoms with E-state index in [0.29, 0.717) is 18.6 Å². The molecule has 6 heteroatoms. The number of hydrogen-bond acceptors (Lipinski definition) is 5. The Bertz CT molecular complexity index is 451. The van der Waals surface area contributed by atoms with Gasteiger partial charge in [-0.2, -0.15) is 0 Å². The molecule has 2 rings (SSSR count). The zero-order valence-corrected chi connectivity index (χ0v) is 15.5. The summed E-state index contributed by atoms with van der Waals surface area (Å²) in [5.74, 6) is 0.230. The van der Waals surface area contributed by atoms with Crippen molar-refractivity contribution < 1.29 is 23.8 Å². The maximum Gasteiger partial charge on any atom is 0.411 e. The van der Waals surface area contributed by atoms with Gasteiger partial charge in [0.25, 0.3) is 0 Å². The lowest BCUT2D eigenvalue weighted by Gasteiger charge is -2.35. The second-order valence-electron chi connectivity index (χ2n) is 7.87. The van der Waals surface area contributed by atoms with E-state index in [0.717, 1.165) is 32.1 Å². The number of rotatable bonds is 3. The lowest BCUT2D eigenvalue weighted by Crippen LogP contribution is -2.47. The summed E-state index contributed by atoms with van der Waals surface area (Å²) in [5, 5.41) is 0. The number of nitrogens with zero attached hydrogens (tertiary/aromatic N) is 1. The van der Waals surface area contributed by atoms with E-state index in [1.807, 2.05) is 20.8 Å². The van der Waals surface area contributed by atoms with Crippen LogP contribution in [0.2, 0.25) is 0 Å². The highest BCUT2D eigenvalue weighted by Crippen LogP contribution is 2.40. The van der Waals surface area contributed by atoms with Crippen LogP contribution in [0, 0.1) is 11.8 Å². The molecule has 2 fully saturated rings. The summed E-state index contributed by atoms with van der Waals surface area (Å²) in [4.78, 5) is 26.4. The van der Waals surface area contributed by atoms with Crippen molar-refractivity contribution in [2.24, 2.45) is 11.8 Å². The number of likely N-dealkylation sites (tertiary alicyclic amines) is 1. The largest absolute Gasteiger partial charge is 0.467 e. The summed E-state index contributed by atoms with van der Waals surface area (Å²) >= 11 is 0. The second-order valence-corrected chi connectivity index (χ2v) is 7.87. The zero-order chi connectivity index (χ0) is 17.9. The molecule has 0 aromatic carbocycles. The average Bonchev–Trinajstić information content (AvgIpc) is 2.97. The van der Waals surface area contributed by atoms with E-state index in [1.54, 1.807) is 12.0 Å².